The minimum absolute atomic E-state index is 0.122. The van der Waals surface area contributed by atoms with Crippen molar-refractivity contribution in [3.63, 3.8) is 0 Å². The van der Waals surface area contributed by atoms with Crippen molar-refractivity contribution in [2.45, 2.75) is 25.8 Å². The number of carbonyl (C=O) groups is 1. The first-order valence-corrected chi connectivity index (χ1v) is 5.65. The van der Waals surface area contributed by atoms with Crippen molar-refractivity contribution in [2.75, 3.05) is 5.75 Å². The van der Waals surface area contributed by atoms with Gasteiger partial charge in [-0.15, -0.1) is 0 Å². The topological polar surface area (TPSA) is 34.9 Å². The van der Waals surface area contributed by atoms with Crippen LogP contribution < -0.4 is 0 Å². The van der Waals surface area contributed by atoms with E-state index in [4.69, 9.17) is 0 Å². The molecule has 4 heteroatoms. The van der Waals surface area contributed by atoms with Crippen molar-refractivity contribution in [3.8, 4) is 0 Å². The van der Waals surface area contributed by atoms with E-state index < -0.39 is 0 Å². The van der Waals surface area contributed by atoms with Crippen LogP contribution >= 0.6 is 11.8 Å². The molecule has 3 nitrogen and oxygen atoms in total. The second kappa shape index (κ2) is 4.64. The van der Waals surface area contributed by atoms with Gasteiger partial charge in [0.2, 0.25) is 0 Å². The second-order valence-electron chi connectivity index (χ2n) is 3.66. The molecule has 0 atom stereocenters. The zero-order valence-electron chi connectivity index (χ0n) is 9.07. The van der Waals surface area contributed by atoms with Gasteiger partial charge in [0.15, 0.2) is 0 Å². The highest BCUT2D eigenvalue weighted by atomic mass is 32.2. The first-order chi connectivity index (χ1) is 6.50. The predicted molar refractivity (Wildman–Crippen MR) is 58.5 cm³/mol. The Balaban J connectivity index is 2.54. The normalized spacial score (nSPS) is 10.9. The molecule has 1 heterocycles. The number of hydrogen-bond acceptors (Lipinski definition) is 3. The summed E-state index contributed by atoms with van der Waals surface area (Å²) in [5.41, 5.74) is 0.993. The van der Waals surface area contributed by atoms with E-state index in [0.29, 0.717) is 5.75 Å². The minimum Gasteiger partial charge on any atom is -0.298 e. The van der Waals surface area contributed by atoms with Crippen molar-refractivity contribution < 1.29 is 4.79 Å². The Labute approximate surface area is 88.9 Å². The van der Waals surface area contributed by atoms with Crippen molar-refractivity contribution >= 4 is 17.5 Å². The molecule has 0 aromatic carbocycles. The van der Waals surface area contributed by atoms with Gasteiger partial charge in [0.1, 0.15) is 5.78 Å². The second-order valence-corrected chi connectivity index (χ2v) is 4.65. The number of Topliss-reactive ketones (excluding diaryl/α,β-unsaturated/α-hetero) is 1. The van der Waals surface area contributed by atoms with E-state index in [9.17, 15) is 4.79 Å². The average Bonchev–Trinajstić information content (AvgIpc) is 2.40. The van der Waals surface area contributed by atoms with Gasteiger partial charge in [0, 0.05) is 13.0 Å². The van der Waals surface area contributed by atoms with E-state index >= 15 is 0 Å². The van der Waals surface area contributed by atoms with Crippen molar-refractivity contribution in [3.05, 3.63) is 11.8 Å². The maximum Gasteiger partial charge on any atom is 0.145 e. The molecular formula is C10H16N2OS. The number of nitrogens with zero attached hydrogens (tertiary/aromatic N) is 2. The van der Waals surface area contributed by atoms with Gasteiger partial charge < -0.3 is 0 Å². The lowest BCUT2D eigenvalue weighted by Crippen LogP contribution is -2.09. The summed E-state index contributed by atoms with van der Waals surface area (Å²) in [6.45, 7) is 5.81. The summed E-state index contributed by atoms with van der Waals surface area (Å²) in [6.07, 6.45) is 0. The summed E-state index contributed by atoms with van der Waals surface area (Å²) in [5.74, 6) is 0.946. The summed E-state index contributed by atoms with van der Waals surface area (Å²) < 4.78 is 1.81. The van der Waals surface area contributed by atoms with E-state index in [2.05, 4.69) is 5.10 Å². The van der Waals surface area contributed by atoms with E-state index in [0.717, 1.165) is 10.7 Å². The Morgan fingerprint density at radius 1 is 1.64 bits per heavy atom. The van der Waals surface area contributed by atoms with E-state index in [-0.39, 0.29) is 11.7 Å². The maximum atomic E-state index is 11.4. The molecule has 1 aromatic rings. The Bertz CT molecular complexity index is 331. The highest BCUT2D eigenvalue weighted by molar-refractivity contribution is 7.99. The first-order valence-electron chi connectivity index (χ1n) is 4.67. The van der Waals surface area contributed by atoms with Gasteiger partial charge >= 0.3 is 0 Å². The minimum atomic E-state index is 0.122. The molecule has 0 bridgehead atoms. The highest BCUT2D eigenvalue weighted by Gasteiger charge is 2.09. The number of carbonyl (C=O) groups excluding carboxylic acids is 1. The third-order valence-corrected chi connectivity index (χ3v) is 3.07. The van der Waals surface area contributed by atoms with E-state index in [1.807, 2.05) is 38.6 Å². The Morgan fingerprint density at radius 3 is 2.71 bits per heavy atom. The van der Waals surface area contributed by atoms with Crippen LogP contribution in [0.1, 0.15) is 19.5 Å². The molecule has 0 saturated heterocycles. The zero-order chi connectivity index (χ0) is 10.7. The fourth-order valence-electron chi connectivity index (χ4n) is 1.03. The van der Waals surface area contributed by atoms with Crippen LogP contribution in [0.25, 0.3) is 0 Å². The molecule has 78 valence electrons. The third kappa shape index (κ3) is 2.87. The maximum absolute atomic E-state index is 11.4. The molecule has 0 N–H and O–H groups in total. The largest absolute Gasteiger partial charge is 0.298 e. The van der Waals surface area contributed by atoms with Gasteiger partial charge in [0.05, 0.1) is 16.5 Å². The summed E-state index contributed by atoms with van der Waals surface area (Å²) in [6, 6.07) is 2.00. The molecule has 14 heavy (non-hydrogen) atoms. The third-order valence-electron chi connectivity index (χ3n) is 1.97. The Morgan fingerprint density at radius 2 is 2.29 bits per heavy atom. The quantitative estimate of drug-likeness (QED) is 0.716. The van der Waals surface area contributed by atoms with Crippen molar-refractivity contribution in [1.82, 2.24) is 9.78 Å². The molecule has 1 rings (SSSR count). The van der Waals surface area contributed by atoms with Crippen LogP contribution in [0.3, 0.4) is 0 Å². The van der Waals surface area contributed by atoms with Gasteiger partial charge in [-0.2, -0.15) is 5.10 Å². The van der Waals surface area contributed by atoms with Crippen LogP contribution in [0.5, 0.6) is 0 Å². The lowest BCUT2D eigenvalue weighted by molar-refractivity contribution is -0.119. The lowest BCUT2D eigenvalue weighted by atomic mass is 10.1. The van der Waals surface area contributed by atoms with Crippen LogP contribution in [0, 0.1) is 12.8 Å². The van der Waals surface area contributed by atoms with Crippen LogP contribution in [-0.4, -0.2) is 21.3 Å². The number of aryl methyl sites for hydroxylation is 2. The van der Waals surface area contributed by atoms with Gasteiger partial charge in [-0.25, -0.2) is 0 Å². The summed E-state index contributed by atoms with van der Waals surface area (Å²) >= 11 is 1.56. The molecule has 0 aliphatic carbocycles. The summed E-state index contributed by atoms with van der Waals surface area (Å²) in [5, 5.41) is 5.27. The average molecular weight is 212 g/mol. The van der Waals surface area contributed by atoms with Gasteiger partial charge in [-0.05, 0) is 13.0 Å². The molecule has 0 spiro atoms. The van der Waals surface area contributed by atoms with Crippen LogP contribution in [-0.2, 0) is 11.8 Å². The SMILES string of the molecule is Cc1cc(SCC(=O)C(C)C)n(C)n1. The summed E-state index contributed by atoms with van der Waals surface area (Å²) in [4.78, 5) is 11.4. The molecule has 0 aliphatic heterocycles. The van der Waals surface area contributed by atoms with Gasteiger partial charge in [-0.1, -0.05) is 25.6 Å². The van der Waals surface area contributed by atoms with Gasteiger partial charge in [-0.3, -0.25) is 9.48 Å². The fraction of sp³-hybridized carbons (Fsp3) is 0.600. The van der Waals surface area contributed by atoms with Crippen molar-refractivity contribution in [2.24, 2.45) is 13.0 Å². The molecule has 1 aromatic heterocycles. The number of thioether (sulfide) groups is 1. The molecule has 0 amide bonds. The fourth-order valence-corrected chi connectivity index (χ4v) is 2.14. The Hall–Kier alpha value is -0.770. The number of rotatable bonds is 4. The predicted octanol–water partition coefficient (Wildman–Crippen LogP) is 2.05. The van der Waals surface area contributed by atoms with Crippen LogP contribution in [0.15, 0.2) is 11.1 Å². The number of aromatic nitrogens is 2. The van der Waals surface area contributed by atoms with Crippen LogP contribution in [0.4, 0.5) is 0 Å². The first kappa shape index (κ1) is 11.3. The zero-order valence-corrected chi connectivity index (χ0v) is 9.89. The van der Waals surface area contributed by atoms with Crippen LogP contribution in [0.2, 0.25) is 0 Å². The molecule has 0 unspecified atom stereocenters. The Kier molecular flexibility index (Phi) is 3.75. The highest BCUT2D eigenvalue weighted by Crippen LogP contribution is 2.19. The van der Waals surface area contributed by atoms with Crippen molar-refractivity contribution in [1.29, 1.82) is 0 Å². The number of ketones is 1. The molecule has 0 radical (unpaired) electrons. The smallest absolute Gasteiger partial charge is 0.145 e. The molecule has 0 fully saturated rings. The molecular weight excluding hydrogens is 196 g/mol. The van der Waals surface area contributed by atoms with E-state index in [1.165, 1.54) is 0 Å². The van der Waals surface area contributed by atoms with Gasteiger partial charge in [0.25, 0.3) is 0 Å². The molecule has 0 aliphatic rings. The summed E-state index contributed by atoms with van der Waals surface area (Å²) in [7, 11) is 1.90. The lowest BCUT2D eigenvalue weighted by Gasteiger charge is -2.03. The standard InChI is InChI=1S/C10H16N2OS/c1-7(2)9(13)6-14-10-5-8(3)11-12(10)4/h5,7H,6H2,1-4H3. The molecule has 0 saturated carbocycles. The monoisotopic (exact) mass is 212 g/mol. The number of hydrogen-bond donors (Lipinski definition) is 0. The van der Waals surface area contributed by atoms with E-state index in [1.54, 1.807) is 11.8 Å².